The van der Waals surface area contributed by atoms with Crippen LogP contribution < -0.4 is 97.8 Å². The zero-order valence-electron chi connectivity index (χ0n) is 60.0. The van der Waals surface area contributed by atoms with E-state index in [1.54, 1.807) is 41.5 Å². The second-order valence-electron chi connectivity index (χ2n) is 26.1. The number of carboxylic acids is 2. The van der Waals surface area contributed by atoms with Crippen LogP contribution in [0.3, 0.4) is 0 Å². The normalized spacial score (nSPS) is 25.1. The van der Waals surface area contributed by atoms with Crippen LogP contribution in [0.15, 0.2) is 4.99 Å². The van der Waals surface area contributed by atoms with Crippen molar-refractivity contribution in [2.24, 2.45) is 57.3 Å². The molecule has 0 bridgehead atoms. The molecule has 0 unspecified atom stereocenters. The second-order valence-corrected chi connectivity index (χ2v) is 28.7. The molecule has 1 fully saturated rings. The molecular weight excluding hydrogens is 1370 g/mol. The van der Waals surface area contributed by atoms with Crippen molar-refractivity contribution in [3.8, 4) is 0 Å². The molecule has 1 rings (SSSR count). The van der Waals surface area contributed by atoms with E-state index in [1.165, 1.54) is 20.8 Å². The van der Waals surface area contributed by atoms with Gasteiger partial charge in [-0.15, -0.1) is 0 Å². The molecule has 578 valence electrons. The molecule has 1 saturated heterocycles. The second kappa shape index (κ2) is 48.3. The lowest BCUT2D eigenvalue weighted by molar-refractivity contribution is -0.141. The molecule has 37 nitrogen and oxygen atoms in total. The first-order chi connectivity index (χ1) is 47.8. The minimum atomic E-state index is -1.90. The number of carboxylic acid groups (broad SMARTS) is 2. The van der Waals surface area contributed by atoms with Crippen LogP contribution in [0.5, 0.6) is 0 Å². The van der Waals surface area contributed by atoms with Crippen LogP contribution in [0, 0.1) is 23.7 Å². The number of hydrogen-bond donors (Lipinski definition) is 20. The Labute approximate surface area is 602 Å². The predicted molar refractivity (Wildman–Crippen MR) is 380 cm³/mol. The average molecular weight is 1490 g/mol. The molecule has 14 amide bonds. The molecular formula is C63H111N19O18S2. The summed E-state index contributed by atoms with van der Waals surface area (Å²) in [6, 6.07) is -17.7. The molecule has 0 aliphatic carbocycles. The number of nitrogens with one attached hydrogen (secondary N) is 13. The first-order valence-electron chi connectivity index (χ1n) is 34.2. The summed E-state index contributed by atoms with van der Waals surface area (Å²) in [5.74, 6) is -18.9. The van der Waals surface area contributed by atoms with Crippen molar-refractivity contribution in [1.82, 2.24) is 69.1 Å². The molecule has 102 heavy (non-hydrogen) atoms. The van der Waals surface area contributed by atoms with Gasteiger partial charge in [-0.1, -0.05) is 83.4 Å². The van der Waals surface area contributed by atoms with Crippen molar-refractivity contribution in [2.75, 3.05) is 37.7 Å². The van der Waals surface area contributed by atoms with Gasteiger partial charge in [0.15, 0.2) is 5.96 Å². The number of carbonyl (C=O) groups excluding carboxylic acids is 14. The lowest BCUT2D eigenvalue weighted by Crippen LogP contribution is -2.61. The fraction of sp³-hybridized carbons (Fsp3) is 0.730. The topological polar surface area (TPSA) is 612 Å². The molecule has 1 heterocycles. The van der Waals surface area contributed by atoms with Crippen molar-refractivity contribution >= 4 is 122 Å². The van der Waals surface area contributed by atoms with E-state index < -0.39 is 205 Å². The highest BCUT2D eigenvalue weighted by molar-refractivity contribution is 8.76. The molecule has 0 radical (unpaired) electrons. The monoisotopic (exact) mass is 1490 g/mol. The van der Waals surface area contributed by atoms with Gasteiger partial charge in [0.2, 0.25) is 82.7 Å². The number of hydrogen-bond acceptors (Lipinski definition) is 21. The molecule has 1 aliphatic rings. The van der Waals surface area contributed by atoms with Gasteiger partial charge in [0, 0.05) is 31.4 Å². The van der Waals surface area contributed by atoms with Gasteiger partial charge in [-0.3, -0.25) is 81.7 Å². The Morgan fingerprint density at radius 2 is 0.951 bits per heavy atom. The van der Waals surface area contributed by atoms with Gasteiger partial charge in [0.25, 0.3) is 0 Å². The van der Waals surface area contributed by atoms with Gasteiger partial charge in [-0.05, 0) is 114 Å². The minimum Gasteiger partial charge on any atom is -0.481 e. The maximum atomic E-state index is 14.6. The van der Waals surface area contributed by atoms with Crippen LogP contribution in [0.2, 0.25) is 0 Å². The van der Waals surface area contributed by atoms with Gasteiger partial charge in [0.1, 0.15) is 72.5 Å². The molecule has 13 atom stereocenters. The Morgan fingerprint density at radius 1 is 0.510 bits per heavy atom. The molecule has 25 N–H and O–H groups in total. The lowest BCUT2D eigenvalue weighted by atomic mass is 9.96. The summed E-state index contributed by atoms with van der Waals surface area (Å²) in [7, 11) is 1.86. The Kier molecular flexibility index (Phi) is 43.3. The summed E-state index contributed by atoms with van der Waals surface area (Å²) >= 11 is 0. The van der Waals surface area contributed by atoms with Gasteiger partial charge in [-0.2, -0.15) is 0 Å². The highest BCUT2D eigenvalue weighted by Gasteiger charge is 2.38. The lowest BCUT2D eigenvalue weighted by Gasteiger charge is -2.30. The number of guanidine groups is 1. The van der Waals surface area contributed by atoms with Gasteiger partial charge >= 0.3 is 11.9 Å². The molecule has 1 aliphatic heterocycles. The molecule has 0 saturated carbocycles. The fourth-order valence-corrected chi connectivity index (χ4v) is 12.4. The number of nitrogens with two attached hydrogens (primary N) is 5. The molecule has 39 heteroatoms. The number of primary amides is 1. The van der Waals surface area contributed by atoms with Crippen LogP contribution in [-0.2, 0) is 76.7 Å². The number of unbranched alkanes of at least 4 members (excludes halogenated alkanes) is 2. The number of aliphatic carboxylic acids is 2. The van der Waals surface area contributed by atoms with E-state index in [1.807, 2.05) is 0 Å². The summed E-state index contributed by atoms with van der Waals surface area (Å²) in [5.41, 5.74) is 28.3. The summed E-state index contributed by atoms with van der Waals surface area (Å²) in [5, 5.41) is 52.3. The summed E-state index contributed by atoms with van der Waals surface area (Å²) < 4.78 is 0. The van der Waals surface area contributed by atoms with Gasteiger partial charge in [-0.25, -0.2) is 0 Å². The first kappa shape index (κ1) is 91.4. The van der Waals surface area contributed by atoms with Crippen molar-refractivity contribution in [1.29, 1.82) is 0 Å². The minimum absolute atomic E-state index is 0.0148. The Bertz CT molecular complexity index is 2890. The average Bonchev–Trinajstić information content (AvgIpc) is 0.877. The molecule has 0 spiro atoms. The van der Waals surface area contributed by atoms with Gasteiger partial charge < -0.3 is 108 Å². The van der Waals surface area contributed by atoms with E-state index in [0.717, 1.165) is 28.5 Å². The maximum absolute atomic E-state index is 14.6. The highest BCUT2D eigenvalue weighted by Crippen LogP contribution is 2.24. The number of rotatable bonds is 26. The summed E-state index contributed by atoms with van der Waals surface area (Å²) in [4.78, 5) is 223. The van der Waals surface area contributed by atoms with Crippen molar-refractivity contribution in [3.63, 3.8) is 0 Å². The van der Waals surface area contributed by atoms with Crippen molar-refractivity contribution in [2.45, 2.75) is 232 Å². The highest BCUT2D eigenvalue weighted by atomic mass is 33.1. The van der Waals surface area contributed by atoms with Crippen LogP contribution in [0.4, 0.5) is 0 Å². The zero-order valence-corrected chi connectivity index (χ0v) is 61.6. The third kappa shape index (κ3) is 36.3. The van der Waals surface area contributed by atoms with E-state index in [0.29, 0.717) is 25.7 Å². The molecule has 0 aromatic carbocycles. The quantitative estimate of drug-likeness (QED) is 0.0167. The largest absolute Gasteiger partial charge is 0.481 e. The third-order valence-corrected chi connectivity index (χ3v) is 18.3. The molecule has 0 aromatic rings. The predicted octanol–water partition coefficient (Wildman–Crippen LogP) is -4.71. The standard InChI is InChI=1S/C63H111N19O18S2/c1-11-34(8)50-62(100)75-39(18-13-15-23-65)56(94)77-41(25-31(2)3)58(96)74-38(17-12-14-22-64)55(93)79-43(27-48(87)88)53(91)70-28-46(84)73-37(19-16-24-69-63(67)68)54(92)71-35(9)52(90)81-49(33(6)7)61(99)76-40(20-21-47(85)86)57(95)80-44(51(66)89)29-101-102-30-45(72-36(10)83)60(98)78-42(26-32(4)5)59(97)82-50/h31-35,37-45,49-50H,11-30,64-65H2,1-10H3,(H2,66,89)(H,70,91)(H,71,92)(H,72,83)(H,73,84)(H,74,96)(H,75,100)(H,76,99)(H,77,94)(H,78,98)(H,79,93)(H,80,95)(H,81,90)(H,82,97)(H,85,86)(H,87,88)(H4,67,68,69)/t34-,35-,37-,38-,39-,40-,41-,42-,43-,44-,45-,49-,50-/m0/s1. The summed E-state index contributed by atoms with van der Waals surface area (Å²) in [6.07, 6.45) is -0.993. The smallest absolute Gasteiger partial charge is 0.305 e. The number of nitrogens with zero attached hydrogens (tertiary/aromatic N) is 1. The SMILES string of the molecule is CC[C@H](C)[C@@H]1NC(=O)[C@H](CC(C)C)NC(=O)[C@@H](NC(C)=O)CSSC[C@@H](C(N)=O)NC(=O)[C@H](CCC(=O)O)NC(=O)[C@H](C(C)C)NC(=O)[C@H](C)NC(=O)[C@H](CCCN=C(N)N)NC(=O)CNC(=O)[C@H](CC(=O)O)NC(=O)[C@H](CCCCN)NC(=O)[C@H](CC(C)C)NC(=O)[C@H](CCCCN)NC1=O. The first-order valence-corrected chi connectivity index (χ1v) is 36.7. The Morgan fingerprint density at radius 3 is 1.44 bits per heavy atom. The zero-order chi connectivity index (χ0) is 77.5. The van der Waals surface area contributed by atoms with Crippen molar-refractivity contribution < 1.29 is 86.9 Å². The van der Waals surface area contributed by atoms with Crippen LogP contribution in [-0.4, -0.2) is 221 Å². The summed E-state index contributed by atoms with van der Waals surface area (Å²) in [6.45, 7) is 15.2. The van der Waals surface area contributed by atoms with E-state index in [9.17, 15) is 86.9 Å². The number of aliphatic imine (C=N–C) groups is 1. The van der Waals surface area contributed by atoms with Gasteiger partial charge in [0.05, 0.1) is 13.0 Å². The van der Waals surface area contributed by atoms with E-state index >= 15 is 0 Å². The van der Waals surface area contributed by atoms with E-state index in [-0.39, 0.29) is 93.9 Å². The Balaban J connectivity index is 4.15. The maximum Gasteiger partial charge on any atom is 0.305 e. The van der Waals surface area contributed by atoms with E-state index in [4.69, 9.17) is 28.7 Å². The Hall–Kier alpha value is -8.59. The van der Waals surface area contributed by atoms with Crippen molar-refractivity contribution in [3.05, 3.63) is 0 Å². The van der Waals surface area contributed by atoms with E-state index in [2.05, 4.69) is 74.1 Å². The molecule has 0 aromatic heterocycles. The van der Waals surface area contributed by atoms with Crippen LogP contribution in [0.25, 0.3) is 0 Å². The van der Waals surface area contributed by atoms with Crippen LogP contribution in [0.1, 0.15) is 159 Å². The third-order valence-electron chi connectivity index (χ3n) is 15.9. The number of carbonyl (C=O) groups is 16. The fourth-order valence-electron chi connectivity index (χ4n) is 10.0. The van der Waals surface area contributed by atoms with Crippen LogP contribution >= 0.6 is 21.6 Å². The number of amides is 14.